The summed E-state index contributed by atoms with van der Waals surface area (Å²) in [5, 5.41) is 16.0. The molecule has 4 aromatic rings. The average Bonchev–Trinajstić information content (AvgIpc) is 3.35. The van der Waals surface area contributed by atoms with Gasteiger partial charge in [0.25, 0.3) is 0 Å². The number of carbonyl (C=O) groups excluding carboxylic acids is 1. The van der Waals surface area contributed by atoms with Crippen LogP contribution in [0.2, 0.25) is 0 Å². The van der Waals surface area contributed by atoms with Crippen molar-refractivity contribution in [1.29, 1.82) is 0 Å². The summed E-state index contributed by atoms with van der Waals surface area (Å²) in [4.78, 5) is 12.5. The lowest BCUT2D eigenvalue weighted by Gasteiger charge is -2.12. The van der Waals surface area contributed by atoms with Gasteiger partial charge in [0.15, 0.2) is 11.0 Å². The molecule has 10 heteroatoms. The maximum atomic E-state index is 14.7. The van der Waals surface area contributed by atoms with Gasteiger partial charge >= 0.3 is 0 Å². The highest BCUT2D eigenvalue weighted by molar-refractivity contribution is 7.99. The Balaban J connectivity index is 1.62. The Morgan fingerprint density at radius 2 is 1.91 bits per heavy atom. The lowest BCUT2D eigenvalue weighted by atomic mass is 10.2. The van der Waals surface area contributed by atoms with E-state index in [4.69, 9.17) is 4.74 Å². The number of ether oxygens (including phenoxy) is 1. The summed E-state index contributed by atoms with van der Waals surface area (Å²) in [5.74, 6) is 1.22. The Morgan fingerprint density at radius 1 is 1.15 bits per heavy atom. The van der Waals surface area contributed by atoms with Crippen LogP contribution in [0.3, 0.4) is 0 Å². The fraction of sp³-hybridized carbons (Fsp3) is 0.217. The molecule has 0 aliphatic heterocycles. The molecule has 1 amide bonds. The van der Waals surface area contributed by atoms with Gasteiger partial charge in [-0.2, -0.15) is 5.10 Å². The fourth-order valence-corrected chi connectivity index (χ4v) is 4.05. The van der Waals surface area contributed by atoms with E-state index in [-0.39, 0.29) is 11.7 Å². The summed E-state index contributed by atoms with van der Waals surface area (Å²) in [6.45, 7) is 4.33. The Kier molecular flexibility index (Phi) is 6.74. The molecule has 2 heterocycles. The molecule has 8 nitrogen and oxygen atoms in total. The van der Waals surface area contributed by atoms with Crippen LogP contribution in [0, 0.1) is 12.7 Å². The van der Waals surface area contributed by atoms with Gasteiger partial charge in [-0.3, -0.25) is 14.0 Å². The number of amides is 1. The minimum atomic E-state index is -0.416. The van der Waals surface area contributed by atoms with Crippen LogP contribution in [0.5, 0.6) is 5.75 Å². The minimum Gasteiger partial charge on any atom is -0.494 e. The van der Waals surface area contributed by atoms with Crippen LogP contribution in [-0.2, 0) is 11.8 Å². The summed E-state index contributed by atoms with van der Waals surface area (Å²) in [6, 6.07) is 15.5. The second-order valence-corrected chi connectivity index (χ2v) is 8.12. The van der Waals surface area contributed by atoms with E-state index in [0.29, 0.717) is 29.1 Å². The van der Waals surface area contributed by atoms with Gasteiger partial charge in [-0.1, -0.05) is 23.9 Å². The SMILES string of the molecule is CCOc1ccc(-c2nnc(SCC(=O)Nc3cc(C)nn3C)n2-c2ccccc2F)cc1. The Labute approximate surface area is 194 Å². The predicted molar refractivity (Wildman–Crippen MR) is 125 cm³/mol. The molecule has 4 rings (SSSR count). The number of para-hydroxylation sites is 1. The van der Waals surface area contributed by atoms with Gasteiger partial charge < -0.3 is 10.1 Å². The number of hydrogen-bond donors (Lipinski definition) is 1. The Hall–Kier alpha value is -3.66. The molecule has 33 heavy (non-hydrogen) atoms. The summed E-state index contributed by atoms with van der Waals surface area (Å²) < 4.78 is 23.5. The highest BCUT2D eigenvalue weighted by Crippen LogP contribution is 2.30. The fourth-order valence-electron chi connectivity index (χ4n) is 3.30. The molecule has 0 bridgehead atoms. The van der Waals surface area contributed by atoms with Crippen molar-refractivity contribution in [3.63, 3.8) is 0 Å². The van der Waals surface area contributed by atoms with E-state index in [9.17, 15) is 9.18 Å². The van der Waals surface area contributed by atoms with Gasteiger partial charge in [0.2, 0.25) is 5.91 Å². The number of rotatable bonds is 8. The van der Waals surface area contributed by atoms with Crippen LogP contribution in [0.15, 0.2) is 59.8 Å². The highest BCUT2D eigenvalue weighted by atomic mass is 32.2. The van der Waals surface area contributed by atoms with Gasteiger partial charge in [0.05, 0.1) is 23.7 Å². The summed E-state index contributed by atoms with van der Waals surface area (Å²) in [6.07, 6.45) is 0. The third-order valence-electron chi connectivity index (χ3n) is 4.75. The first-order valence-electron chi connectivity index (χ1n) is 10.3. The van der Waals surface area contributed by atoms with Gasteiger partial charge in [-0.05, 0) is 50.2 Å². The van der Waals surface area contributed by atoms with E-state index in [0.717, 1.165) is 17.0 Å². The zero-order valence-corrected chi connectivity index (χ0v) is 19.3. The molecule has 0 fully saturated rings. The van der Waals surface area contributed by atoms with Crippen molar-refractivity contribution in [2.45, 2.75) is 19.0 Å². The summed E-state index contributed by atoms with van der Waals surface area (Å²) in [5.41, 5.74) is 1.85. The second kappa shape index (κ2) is 9.86. The Bertz CT molecular complexity index is 1270. The first-order chi connectivity index (χ1) is 16.0. The number of carbonyl (C=O) groups is 1. The zero-order valence-electron chi connectivity index (χ0n) is 18.4. The smallest absolute Gasteiger partial charge is 0.235 e. The van der Waals surface area contributed by atoms with E-state index in [1.165, 1.54) is 17.8 Å². The molecule has 170 valence electrons. The van der Waals surface area contributed by atoms with Crippen LogP contribution in [0.4, 0.5) is 10.2 Å². The first-order valence-corrected chi connectivity index (χ1v) is 11.3. The monoisotopic (exact) mass is 466 g/mol. The summed E-state index contributed by atoms with van der Waals surface area (Å²) in [7, 11) is 1.76. The molecule has 0 saturated heterocycles. The molecule has 0 aliphatic rings. The lowest BCUT2D eigenvalue weighted by Crippen LogP contribution is -2.17. The number of aryl methyl sites for hydroxylation is 2. The van der Waals surface area contributed by atoms with Gasteiger partial charge in [0, 0.05) is 18.7 Å². The molecular formula is C23H23FN6O2S. The molecule has 0 unspecified atom stereocenters. The second-order valence-electron chi connectivity index (χ2n) is 7.18. The van der Waals surface area contributed by atoms with Crippen molar-refractivity contribution >= 4 is 23.5 Å². The lowest BCUT2D eigenvalue weighted by molar-refractivity contribution is -0.113. The van der Waals surface area contributed by atoms with Crippen molar-refractivity contribution in [3.05, 3.63) is 66.1 Å². The first kappa shape index (κ1) is 22.5. The van der Waals surface area contributed by atoms with E-state index >= 15 is 0 Å². The number of nitrogens with one attached hydrogen (secondary N) is 1. The van der Waals surface area contributed by atoms with Crippen molar-refractivity contribution in [2.24, 2.45) is 7.05 Å². The number of nitrogens with zero attached hydrogens (tertiary/aromatic N) is 5. The molecule has 0 atom stereocenters. The molecule has 1 N–H and O–H groups in total. The van der Waals surface area contributed by atoms with Gasteiger partial charge in [0.1, 0.15) is 17.4 Å². The minimum absolute atomic E-state index is 0.0695. The molecule has 0 radical (unpaired) electrons. The van der Waals surface area contributed by atoms with Crippen LogP contribution in [-0.4, -0.2) is 42.8 Å². The van der Waals surface area contributed by atoms with Crippen LogP contribution in [0.25, 0.3) is 17.1 Å². The number of thioether (sulfide) groups is 1. The normalized spacial score (nSPS) is 10.9. The molecule has 0 spiro atoms. The number of halogens is 1. The van der Waals surface area contributed by atoms with Gasteiger partial charge in [-0.15, -0.1) is 10.2 Å². The van der Waals surface area contributed by atoms with E-state index in [1.807, 2.05) is 38.1 Å². The number of benzene rings is 2. The largest absolute Gasteiger partial charge is 0.494 e. The van der Waals surface area contributed by atoms with Crippen molar-refractivity contribution in [1.82, 2.24) is 24.5 Å². The third-order valence-corrected chi connectivity index (χ3v) is 5.68. The maximum Gasteiger partial charge on any atom is 0.235 e. The standard InChI is InChI=1S/C23H23FN6O2S/c1-4-32-17-11-9-16(10-12-17)22-26-27-23(30(22)19-8-6-5-7-18(19)24)33-14-21(31)25-20-13-15(2)28-29(20)3/h5-13H,4,14H2,1-3H3,(H,25,31). The predicted octanol–water partition coefficient (Wildman–Crippen LogP) is 4.24. The molecular weight excluding hydrogens is 443 g/mol. The van der Waals surface area contributed by atoms with Crippen LogP contribution in [0.1, 0.15) is 12.6 Å². The highest BCUT2D eigenvalue weighted by Gasteiger charge is 2.20. The van der Waals surface area contributed by atoms with Crippen molar-refractivity contribution in [3.8, 4) is 22.8 Å². The van der Waals surface area contributed by atoms with Crippen molar-refractivity contribution in [2.75, 3.05) is 17.7 Å². The maximum absolute atomic E-state index is 14.7. The molecule has 0 saturated carbocycles. The third kappa shape index (κ3) is 5.06. The van der Waals surface area contributed by atoms with Crippen molar-refractivity contribution < 1.29 is 13.9 Å². The molecule has 0 aliphatic carbocycles. The average molecular weight is 467 g/mol. The van der Waals surface area contributed by atoms with Crippen LogP contribution < -0.4 is 10.1 Å². The number of anilines is 1. The van der Waals surface area contributed by atoms with Crippen LogP contribution >= 0.6 is 11.8 Å². The summed E-state index contributed by atoms with van der Waals surface area (Å²) >= 11 is 1.17. The number of aromatic nitrogens is 5. The Morgan fingerprint density at radius 3 is 2.58 bits per heavy atom. The van der Waals surface area contributed by atoms with E-state index in [2.05, 4.69) is 20.6 Å². The number of hydrogen-bond acceptors (Lipinski definition) is 6. The van der Waals surface area contributed by atoms with E-state index < -0.39 is 5.82 Å². The van der Waals surface area contributed by atoms with E-state index in [1.54, 1.807) is 40.6 Å². The molecule has 2 aromatic carbocycles. The molecule has 2 aromatic heterocycles. The van der Waals surface area contributed by atoms with Gasteiger partial charge in [-0.25, -0.2) is 4.39 Å². The quantitative estimate of drug-likeness (QED) is 0.391. The zero-order chi connectivity index (χ0) is 23.4. The topological polar surface area (TPSA) is 86.9 Å².